The number of hydrogen-bond acceptors (Lipinski definition) is 3. The monoisotopic (exact) mass is 349 g/mol. The molecule has 0 saturated carbocycles. The van der Waals surface area contributed by atoms with Crippen molar-refractivity contribution in [2.45, 2.75) is 13.0 Å². The van der Waals surface area contributed by atoms with Crippen LogP contribution in [0.5, 0.6) is 5.75 Å². The van der Waals surface area contributed by atoms with Crippen LogP contribution in [0.2, 0.25) is 0 Å². The smallest absolute Gasteiger partial charge is 0.119 e. The van der Waals surface area contributed by atoms with Gasteiger partial charge in [-0.15, -0.1) is 0 Å². The van der Waals surface area contributed by atoms with Crippen molar-refractivity contribution in [1.29, 1.82) is 0 Å². The molecular formula is C17H20BrNO2. The molecule has 2 aromatic rings. The van der Waals surface area contributed by atoms with E-state index in [-0.39, 0.29) is 18.6 Å². The largest absolute Gasteiger partial charge is 0.497 e. The number of methoxy groups -OCH3 is 1. The second kappa shape index (κ2) is 7.48. The third-order valence-corrected chi connectivity index (χ3v) is 3.97. The van der Waals surface area contributed by atoms with Crippen LogP contribution in [0, 0.1) is 5.92 Å². The molecule has 4 heteroatoms. The molecule has 3 nitrogen and oxygen atoms in total. The third kappa shape index (κ3) is 4.22. The van der Waals surface area contributed by atoms with E-state index in [0.717, 1.165) is 21.5 Å². The van der Waals surface area contributed by atoms with Gasteiger partial charge in [-0.05, 0) is 42.0 Å². The van der Waals surface area contributed by atoms with Crippen molar-refractivity contribution in [2.24, 2.45) is 5.92 Å². The predicted molar refractivity (Wildman–Crippen MR) is 89.7 cm³/mol. The molecule has 0 radical (unpaired) electrons. The normalized spacial score (nSPS) is 13.5. The predicted octanol–water partition coefficient (Wildman–Crippen LogP) is 4.24. The van der Waals surface area contributed by atoms with Gasteiger partial charge in [-0.25, -0.2) is 0 Å². The molecule has 0 saturated heterocycles. The Balaban J connectivity index is 2.23. The van der Waals surface area contributed by atoms with E-state index in [1.165, 1.54) is 0 Å². The third-order valence-electron chi connectivity index (χ3n) is 3.48. The van der Waals surface area contributed by atoms with Crippen molar-refractivity contribution in [3.8, 4) is 5.75 Å². The highest BCUT2D eigenvalue weighted by Gasteiger charge is 2.19. The Morgan fingerprint density at radius 2 is 1.90 bits per heavy atom. The van der Waals surface area contributed by atoms with Gasteiger partial charge in [-0.2, -0.15) is 0 Å². The Kier molecular flexibility index (Phi) is 5.65. The molecule has 0 bridgehead atoms. The first-order chi connectivity index (χ1) is 10.1. The van der Waals surface area contributed by atoms with Gasteiger partial charge in [-0.1, -0.05) is 35.0 Å². The van der Waals surface area contributed by atoms with E-state index in [9.17, 15) is 5.11 Å². The lowest BCUT2D eigenvalue weighted by molar-refractivity contribution is 0.222. The lowest BCUT2D eigenvalue weighted by Gasteiger charge is -2.25. The fourth-order valence-electron chi connectivity index (χ4n) is 2.23. The van der Waals surface area contributed by atoms with Crippen LogP contribution in [-0.2, 0) is 0 Å². The molecule has 2 rings (SSSR count). The molecule has 0 fully saturated rings. The van der Waals surface area contributed by atoms with Gasteiger partial charge in [0.05, 0.1) is 13.2 Å². The number of rotatable bonds is 6. The van der Waals surface area contributed by atoms with Crippen molar-refractivity contribution < 1.29 is 9.84 Å². The summed E-state index contributed by atoms with van der Waals surface area (Å²) in [5.41, 5.74) is 2.14. The number of hydrogen-bond donors (Lipinski definition) is 2. The molecule has 0 heterocycles. The number of aliphatic hydroxyl groups excluding tert-OH is 1. The molecule has 0 aliphatic rings. The van der Waals surface area contributed by atoms with Gasteiger partial charge in [0.2, 0.25) is 0 Å². The molecule has 0 aliphatic carbocycles. The summed E-state index contributed by atoms with van der Waals surface area (Å²) in [7, 11) is 1.65. The van der Waals surface area contributed by atoms with Crippen molar-refractivity contribution in [3.63, 3.8) is 0 Å². The minimum atomic E-state index is 0.0425. The van der Waals surface area contributed by atoms with Gasteiger partial charge in [0.25, 0.3) is 0 Å². The first-order valence-corrected chi connectivity index (χ1v) is 7.70. The molecule has 0 amide bonds. The standard InChI is InChI=1S/C17H20BrNO2/c1-12(11-20)17(13-4-3-5-14(18)10-13)19-15-6-8-16(21-2)9-7-15/h3-10,12,17,19-20H,11H2,1-2H3/t12-,17+/m1/s1. The molecule has 0 aliphatic heterocycles. The van der Waals surface area contributed by atoms with Crippen LogP contribution in [0.3, 0.4) is 0 Å². The topological polar surface area (TPSA) is 41.5 Å². The fourth-order valence-corrected chi connectivity index (χ4v) is 2.64. The molecule has 0 aromatic heterocycles. The van der Waals surface area contributed by atoms with Gasteiger partial charge in [0.15, 0.2) is 0 Å². The van der Waals surface area contributed by atoms with Crippen LogP contribution in [0.15, 0.2) is 53.0 Å². The lowest BCUT2D eigenvalue weighted by atomic mass is 9.95. The van der Waals surface area contributed by atoms with Crippen LogP contribution < -0.4 is 10.1 Å². The minimum absolute atomic E-state index is 0.0425. The number of nitrogens with one attached hydrogen (secondary N) is 1. The summed E-state index contributed by atoms with van der Waals surface area (Å²) in [5, 5.41) is 13.0. The summed E-state index contributed by atoms with van der Waals surface area (Å²) >= 11 is 3.50. The van der Waals surface area contributed by atoms with Gasteiger partial charge >= 0.3 is 0 Å². The summed E-state index contributed by atoms with van der Waals surface area (Å²) in [6, 6.07) is 16.0. The maximum absolute atomic E-state index is 9.52. The minimum Gasteiger partial charge on any atom is -0.497 e. The Bertz CT molecular complexity index is 571. The molecule has 2 atom stereocenters. The van der Waals surface area contributed by atoms with Gasteiger partial charge < -0.3 is 15.2 Å². The summed E-state index contributed by atoms with van der Waals surface area (Å²) < 4.78 is 6.20. The lowest BCUT2D eigenvalue weighted by Crippen LogP contribution is -2.21. The highest BCUT2D eigenvalue weighted by molar-refractivity contribution is 9.10. The Labute approximate surface area is 134 Å². The Morgan fingerprint density at radius 1 is 1.19 bits per heavy atom. The molecule has 2 N–H and O–H groups in total. The van der Waals surface area contributed by atoms with E-state index in [1.807, 2.05) is 43.3 Å². The van der Waals surface area contributed by atoms with Crippen molar-refractivity contribution in [2.75, 3.05) is 19.0 Å². The van der Waals surface area contributed by atoms with Crippen LogP contribution in [0.1, 0.15) is 18.5 Å². The maximum atomic E-state index is 9.52. The zero-order valence-electron chi connectivity index (χ0n) is 12.2. The number of anilines is 1. The highest BCUT2D eigenvalue weighted by atomic mass is 79.9. The summed E-state index contributed by atoms with van der Waals surface area (Å²) in [5.74, 6) is 0.927. The summed E-state index contributed by atoms with van der Waals surface area (Å²) in [6.45, 7) is 2.16. The van der Waals surface area contributed by atoms with E-state index in [0.29, 0.717) is 0 Å². The molecule has 21 heavy (non-hydrogen) atoms. The van der Waals surface area contributed by atoms with E-state index in [2.05, 4.69) is 33.4 Å². The number of halogens is 1. The number of aliphatic hydroxyl groups is 1. The molecule has 112 valence electrons. The maximum Gasteiger partial charge on any atom is 0.119 e. The number of ether oxygens (including phenoxy) is 1. The SMILES string of the molecule is COc1ccc(N[C@H](c2cccc(Br)c2)[C@H](C)CO)cc1. The number of benzene rings is 2. The Hall–Kier alpha value is -1.52. The molecule has 0 spiro atoms. The van der Waals surface area contributed by atoms with Crippen LogP contribution >= 0.6 is 15.9 Å². The van der Waals surface area contributed by atoms with Crippen molar-refractivity contribution >= 4 is 21.6 Å². The van der Waals surface area contributed by atoms with Crippen molar-refractivity contribution in [3.05, 3.63) is 58.6 Å². The van der Waals surface area contributed by atoms with Gasteiger partial charge in [-0.3, -0.25) is 0 Å². The zero-order chi connectivity index (χ0) is 15.2. The second-order valence-corrected chi connectivity index (χ2v) is 5.98. The van der Waals surface area contributed by atoms with E-state index in [4.69, 9.17) is 4.74 Å². The summed E-state index contributed by atoms with van der Waals surface area (Å²) in [6.07, 6.45) is 0. The van der Waals surface area contributed by atoms with E-state index >= 15 is 0 Å². The van der Waals surface area contributed by atoms with E-state index in [1.54, 1.807) is 7.11 Å². The molecule has 2 aromatic carbocycles. The molecular weight excluding hydrogens is 330 g/mol. The van der Waals surface area contributed by atoms with E-state index < -0.39 is 0 Å². The summed E-state index contributed by atoms with van der Waals surface area (Å²) in [4.78, 5) is 0. The van der Waals surface area contributed by atoms with Crippen LogP contribution in [0.25, 0.3) is 0 Å². The van der Waals surface area contributed by atoms with Gasteiger partial charge in [0, 0.05) is 22.7 Å². The zero-order valence-corrected chi connectivity index (χ0v) is 13.8. The fraction of sp³-hybridized carbons (Fsp3) is 0.294. The average Bonchev–Trinajstić information content (AvgIpc) is 2.52. The molecule has 0 unspecified atom stereocenters. The quantitative estimate of drug-likeness (QED) is 0.819. The Morgan fingerprint density at radius 3 is 2.48 bits per heavy atom. The second-order valence-electron chi connectivity index (χ2n) is 5.07. The highest BCUT2D eigenvalue weighted by Crippen LogP contribution is 2.29. The first kappa shape index (κ1) is 15.9. The average molecular weight is 350 g/mol. The van der Waals surface area contributed by atoms with Crippen molar-refractivity contribution in [1.82, 2.24) is 0 Å². The van der Waals surface area contributed by atoms with Gasteiger partial charge in [0.1, 0.15) is 5.75 Å². The van der Waals surface area contributed by atoms with Crippen LogP contribution in [-0.4, -0.2) is 18.8 Å². The van der Waals surface area contributed by atoms with Crippen LogP contribution in [0.4, 0.5) is 5.69 Å². The first-order valence-electron chi connectivity index (χ1n) is 6.91.